The normalized spacial score (nSPS) is 10.5. The molecule has 0 radical (unpaired) electrons. The van der Waals surface area contributed by atoms with E-state index in [1.54, 1.807) is 0 Å². The van der Waals surface area contributed by atoms with Gasteiger partial charge < -0.3 is 5.73 Å². The molecule has 0 aliphatic carbocycles. The van der Waals surface area contributed by atoms with Gasteiger partial charge in [-0.25, -0.2) is 8.78 Å². The lowest BCUT2D eigenvalue weighted by Gasteiger charge is -2.06. The predicted molar refractivity (Wildman–Crippen MR) is 70.4 cm³/mol. The molecule has 0 amide bonds. The van der Waals surface area contributed by atoms with E-state index >= 15 is 0 Å². The van der Waals surface area contributed by atoms with Gasteiger partial charge in [0.25, 0.3) is 0 Å². The van der Waals surface area contributed by atoms with Crippen LogP contribution in [0.1, 0.15) is 21.5 Å². The highest BCUT2D eigenvalue weighted by molar-refractivity contribution is 6.31. The maximum absolute atomic E-state index is 13.7. The lowest BCUT2D eigenvalue weighted by atomic mass is 10.0. The van der Waals surface area contributed by atoms with Crippen LogP contribution in [0.5, 0.6) is 0 Å². The molecule has 5 heteroatoms. The summed E-state index contributed by atoms with van der Waals surface area (Å²) >= 11 is 5.78. The lowest BCUT2D eigenvalue weighted by Crippen LogP contribution is -2.07. The summed E-state index contributed by atoms with van der Waals surface area (Å²) in [6.45, 7) is 1.42. The summed E-state index contributed by atoms with van der Waals surface area (Å²) in [5.74, 6) is -2.85. The van der Waals surface area contributed by atoms with Gasteiger partial charge in [-0.05, 0) is 36.8 Å². The van der Waals surface area contributed by atoms with E-state index in [-0.39, 0.29) is 27.4 Å². The molecule has 0 fully saturated rings. The minimum atomic E-state index is -1.16. The first-order chi connectivity index (χ1) is 8.90. The van der Waals surface area contributed by atoms with Crippen molar-refractivity contribution in [2.45, 2.75) is 6.92 Å². The number of ketones is 1. The van der Waals surface area contributed by atoms with Crippen molar-refractivity contribution in [2.75, 3.05) is 5.73 Å². The fraction of sp³-hybridized carbons (Fsp3) is 0.0714. The summed E-state index contributed by atoms with van der Waals surface area (Å²) in [7, 11) is 0. The zero-order valence-electron chi connectivity index (χ0n) is 10.0. The number of rotatable bonds is 2. The molecule has 0 saturated carbocycles. The van der Waals surface area contributed by atoms with E-state index in [9.17, 15) is 13.6 Å². The number of hydrogen-bond donors (Lipinski definition) is 1. The van der Waals surface area contributed by atoms with E-state index < -0.39 is 17.4 Å². The number of benzene rings is 2. The molecule has 2 aromatic rings. The van der Waals surface area contributed by atoms with Crippen molar-refractivity contribution in [1.29, 1.82) is 0 Å². The van der Waals surface area contributed by atoms with Gasteiger partial charge in [0.15, 0.2) is 17.4 Å². The summed E-state index contributed by atoms with van der Waals surface area (Å²) in [5.41, 5.74) is 5.76. The Labute approximate surface area is 113 Å². The van der Waals surface area contributed by atoms with Crippen molar-refractivity contribution in [3.05, 3.63) is 63.7 Å². The fourth-order valence-electron chi connectivity index (χ4n) is 1.72. The second kappa shape index (κ2) is 4.97. The monoisotopic (exact) mass is 281 g/mol. The van der Waals surface area contributed by atoms with Crippen molar-refractivity contribution >= 4 is 23.1 Å². The van der Waals surface area contributed by atoms with Crippen molar-refractivity contribution in [2.24, 2.45) is 0 Å². The average Bonchev–Trinajstić information content (AvgIpc) is 2.34. The molecule has 0 spiro atoms. The Balaban J connectivity index is 2.53. The summed E-state index contributed by atoms with van der Waals surface area (Å²) < 4.78 is 27.2. The van der Waals surface area contributed by atoms with Gasteiger partial charge in [-0.2, -0.15) is 0 Å². The third-order valence-corrected chi connectivity index (χ3v) is 2.92. The first-order valence-corrected chi connectivity index (χ1v) is 5.83. The van der Waals surface area contributed by atoms with Crippen molar-refractivity contribution in [1.82, 2.24) is 0 Å². The maximum Gasteiger partial charge on any atom is 0.196 e. The predicted octanol–water partition coefficient (Wildman–Crippen LogP) is 3.74. The number of nitrogen functional groups attached to an aromatic ring is 1. The van der Waals surface area contributed by atoms with E-state index in [0.29, 0.717) is 0 Å². The maximum atomic E-state index is 13.7. The van der Waals surface area contributed by atoms with Crippen LogP contribution in [0.2, 0.25) is 5.02 Å². The standard InChI is InChI=1S/C14H10ClF2NO/c1-7-2-3-11(13(17)12(7)16)14(19)8-4-9(15)6-10(18)5-8/h2-6H,18H2,1H3. The molecule has 98 valence electrons. The molecule has 0 aliphatic rings. The molecule has 0 saturated heterocycles. The molecule has 0 unspecified atom stereocenters. The van der Waals surface area contributed by atoms with Gasteiger partial charge in [-0.3, -0.25) is 4.79 Å². The largest absolute Gasteiger partial charge is 0.399 e. The van der Waals surface area contributed by atoms with Gasteiger partial charge in [0.05, 0.1) is 5.56 Å². The highest BCUT2D eigenvalue weighted by Crippen LogP contribution is 2.22. The third kappa shape index (κ3) is 2.58. The first kappa shape index (κ1) is 13.5. The molecule has 2 rings (SSSR count). The van der Waals surface area contributed by atoms with E-state index in [0.717, 1.165) is 0 Å². The van der Waals surface area contributed by atoms with Crippen LogP contribution >= 0.6 is 11.6 Å². The number of aryl methyl sites for hydroxylation is 1. The smallest absolute Gasteiger partial charge is 0.196 e. The Hall–Kier alpha value is -1.94. The summed E-state index contributed by atoms with van der Waals surface area (Å²) in [5, 5.41) is 0.261. The number of nitrogens with two attached hydrogens (primary N) is 1. The second-order valence-corrected chi connectivity index (χ2v) is 4.60. The Morgan fingerprint density at radius 3 is 2.47 bits per heavy atom. The molecule has 2 nitrogen and oxygen atoms in total. The lowest BCUT2D eigenvalue weighted by molar-refractivity contribution is 0.103. The van der Waals surface area contributed by atoms with Gasteiger partial charge in [0.2, 0.25) is 0 Å². The summed E-state index contributed by atoms with van der Waals surface area (Å²) in [4.78, 5) is 12.1. The molecule has 0 aliphatic heterocycles. The van der Waals surface area contributed by atoms with Crippen LogP contribution in [-0.4, -0.2) is 5.78 Å². The van der Waals surface area contributed by atoms with Crippen molar-refractivity contribution < 1.29 is 13.6 Å². The van der Waals surface area contributed by atoms with Gasteiger partial charge in [0, 0.05) is 16.3 Å². The molecule has 0 aromatic heterocycles. The summed E-state index contributed by atoms with van der Waals surface area (Å²) in [6.07, 6.45) is 0. The summed E-state index contributed by atoms with van der Waals surface area (Å²) in [6, 6.07) is 6.78. The Morgan fingerprint density at radius 2 is 1.84 bits per heavy atom. The van der Waals surface area contributed by atoms with E-state index in [1.807, 2.05) is 0 Å². The number of anilines is 1. The molecule has 0 heterocycles. The van der Waals surface area contributed by atoms with Crippen LogP contribution in [-0.2, 0) is 0 Å². The van der Waals surface area contributed by atoms with Crippen LogP contribution in [0, 0.1) is 18.6 Å². The molecule has 0 atom stereocenters. The number of carbonyl (C=O) groups excluding carboxylic acids is 1. The molecule has 19 heavy (non-hydrogen) atoms. The van der Waals surface area contributed by atoms with Crippen LogP contribution in [0.25, 0.3) is 0 Å². The molecule has 2 N–H and O–H groups in total. The van der Waals surface area contributed by atoms with Crippen LogP contribution < -0.4 is 5.73 Å². The van der Waals surface area contributed by atoms with Crippen LogP contribution in [0.15, 0.2) is 30.3 Å². The van der Waals surface area contributed by atoms with Crippen LogP contribution in [0.3, 0.4) is 0 Å². The number of hydrogen-bond acceptors (Lipinski definition) is 2. The van der Waals surface area contributed by atoms with E-state index in [1.165, 1.54) is 37.3 Å². The molecule has 2 aromatic carbocycles. The average molecular weight is 282 g/mol. The SMILES string of the molecule is Cc1ccc(C(=O)c2cc(N)cc(Cl)c2)c(F)c1F. The van der Waals surface area contributed by atoms with Gasteiger partial charge in [0.1, 0.15) is 0 Å². The topological polar surface area (TPSA) is 43.1 Å². The van der Waals surface area contributed by atoms with Crippen molar-refractivity contribution in [3.63, 3.8) is 0 Å². The number of halogens is 3. The fourth-order valence-corrected chi connectivity index (χ4v) is 1.96. The minimum Gasteiger partial charge on any atom is -0.399 e. The van der Waals surface area contributed by atoms with E-state index in [2.05, 4.69) is 0 Å². The Morgan fingerprint density at radius 1 is 1.16 bits per heavy atom. The van der Waals surface area contributed by atoms with Gasteiger partial charge >= 0.3 is 0 Å². The minimum absolute atomic E-state index is 0.118. The zero-order chi connectivity index (χ0) is 14.2. The highest BCUT2D eigenvalue weighted by Gasteiger charge is 2.19. The first-order valence-electron chi connectivity index (χ1n) is 5.45. The number of carbonyl (C=O) groups is 1. The highest BCUT2D eigenvalue weighted by atomic mass is 35.5. The third-order valence-electron chi connectivity index (χ3n) is 2.70. The Kier molecular flexibility index (Phi) is 3.53. The molecular weight excluding hydrogens is 272 g/mol. The van der Waals surface area contributed by atoms with E-state index in [4.69, 9.17) is 17.3 Å². The second-order valence-electron chi connectivity index (χ2n) is 4.16. The van der Waals surface area contributed by atoms with Gasteiger partial charge in [-0.15, -0.1) is 0 Å². The van der Waals surface area contributed by atoms with Gasteiger partial charge in [-0.1, -0.05) is 17.7 Å². The molecule has 0 bridgehead atoms. The zero-order valence-corrected chi connectivity index (χ0v) is 10.8. The van der Waals surface area contributed by atoms with Crippen molar-refractivity contribution in [3.8, 4) is 0 Å². The molecular formula is C14H10ClF2NO. The van der Waals surface area contributed by atoms with Crippen LogP contribution in [0.4, 0.5) is 14.5 Å². The Bertz CT molecular complexity index is 650. The quantitative estimate of drug-likeness (QED) is 0.673.